The Kier molecular flexibility index (Phi) is 5.92. The molecule has 3 aliphatic rings. The predicted molar refractivity (Wildman–Crippen MR) is 123 cm³/mol. The van der Waals surface area contributed by atoms with E-state index < -0.39 is 5.97 Å². The zero-order valence-corrected chi connectivity index (χ0v) is 18.6. The molecule has 0 bridgehead atoms. The number of aliphatic carboxylic acids is 1. The zero-order chi connectivity index (χ0) is 21.4. The molecule has 0 spiro atoms. The standard InChI is InChI=1S/C27H35NO3/c1-18(28-16-23(17-28)27(29)30)21-11-14-25-22(15-21)7-4-8-26(25)31-24-12-9-20(10-13-24)19-5-2-3-6-19/h4,7-8,11,14-15,18-20,23-24H,2-3,5-6,9-10,12-13,16-17H2,1H3,(H,29,30). The number of carboxylic acid groups (broad SMARTS) is 1. The summed E-state index contributed by atoms with van der Waals surface area (Å²) in [5, 5.41) is 11.5. The summed E-state index contributed by atoms with van der Waals surface area (Å²) in [5.74, 6) is 2.03. The minimum absolute atomic E-state index is 0.216. The van der Waals surface area contributed by atoms with Crippen molar-refractivity contribution < 1.29 is 14.6 Å². The number of hydrogen-bond donors (Lipinski definition) is 1. The first-order valence-corrected chi connectivity index (χ1v) is 12.2. The molecular formula is C27H35NO3. The molecule has 2 aromatic rings. The number of likely N-dealkylation sites (tertiary alicyclic amines) is 1. The van der Waals surface area contributed by atoms with Crippen LogP contribution in [0.4, 0.5) is 0 Å². The lowest BCUT2D eigenvalue weighted by Crippen LogP contribution is -2.51. The van der Waals surface area contributed by atoms with Crippen LogP contribution in [0.15, 0.2) is 36.4 Å². The van der Waals surface area contributed by atoms with E-state index in [0.29, 0.717) is 19.2 Å². The van der Waals surface area contributed by atoms with Crippen molar-refractivity contribution >= 4 is 16.7 Å². The van der Waals surface area contributed by atoms with Crippen molar-refractivity contribution in [3.05, 3.63) is 42.0 Å². The molecule has 1 unspecified atom stereocenters. The topological polar surface area (TPSA) is 49.8 Å². The van der Waals surface area contributed by atoms with Crippen LogP contribution in [0.2, 0.25) is 0 Å². The normalized spacial score (nSPS) is 26.6. The fourth-order valence-corrected chi connectivity index (χ4v) is 6.12. The SMILES string of the molecule is CC(c1ccc2c(OC3CCC(C4CCCC4)CC3)cccc2c1)N1CC(C(=O)O)C1. The first kappa shape index (κ1) is 20.8. The molecular weight excluding hydrogens is 386 g/mol. The molecule has 4 nitrogen and oxygen atoms in total. The van der Waals surface area contributed by atoms with Crippen LogP contribution in [0.5, 0.6) is 5.75 Å². The molecule has 0 radical (unpaired) electrons. The van der Waals surface area contributed by atoms with Crippen molar-refractivity contribution in [3.63, 3.8) is 0 Å². The largest absolute Gasteiger partial charge is 0.490 e. The van der Waals surface area contributed by atoms with E-state index in [1.165, 1.54) is 67.7 Å². The number of nitrogens with zero attached hydrogens (tertiary/aromatic N) is 1. The van der Waals surface area contributed by atoms with E-state index in [1.807, 2.05) is 0 Å². The van der Waals surface area contributed by atoms with Gasteiger partial charge in [0.05, 0.1) is 12.0 Å². The molecule has 1 N–H and O–H groups in total. The summed E-state index contributed by atoms with van der Waals surface area (Å²) in [4.78, 5) is 13.3. The highest BCUT2D eigenvalue weighted by molar-refractivity contribution is 5.89. The van der Waals surface area contributed by atoms with Crippen LogP contribution in [0.1, 0.15) is 69.9 Å². The third-order valence-corrected chi connectivity index (χ3v) is 8.23. The van der Waals surface area contributed by atoms with Gasteiger partial charge in [-0.05, 0) is 67.5 Å². The van der Waals surface area contributed by atoms with E-state index in [-0.39, 0.29) is 12.0 Å². The highest BCUT2D eigenvalue weighted by atomic mass is 16.5. The number of hydrogen-bond acceptors (Lipinski definition) is 3. The highest BCUT2D eigenvalue weighted by Crippen LogP contribution is 2.41. The zero-order valence-electron chi connectivity index (χ0n) is 18.6. The van der Waals surface area contributed by atoms with E-state index in [1.54, 1.807) is 0 Å². The molecule has 4 heteroatoms. The molecule has 0 amide bonds. The Bertz CT molecular complexity index is 921. The summed E-state index contributed by atoms with van der Waals surface area (Å²) in [6, 6.07) is 13.2. The molecule has 1 saturated heterocycles. The number of benzene rings is 2. The van der Waals surface area contributed by atoms with Crippen LogP contribution in [0.25, 0.3) is 10.8 Å². The summed E-state index contributed by atoms with van der Waals surface area (Å²) in [5.41, 5.74) is 1.24. The molecule has 1 heterocycles. The number of fused-ring (bicyclic) bond motifs is 1. The van der Waals surface area contributed by atoms with Gasteiger partial charge in [0.25, 0.3) is 0 Å². The van der Waals surface area contributed by atoms with E-state index in [4.69, 9.17) is 9.84 Å². The van der Waals surface area contributed by atoms with Gasteiger partial charge in [0.2, 0.25) is 0 Å². The minimum atomic E-state index is -0.680. The monoisotopic (exact) mass is 421 g/mol. The van der Waals surface area contributed by atoms with Crippen LogP contribution in [0, 0.1) is 17.8 Å². The van der Waals surface area contributed by atoms with Crippen LogP contribution >= 0.6 is 0 Å². The van der Waals surface area contributed by atoms with Crippen LogP contribution in [-0.4, -0.2) is 35.2 Å². The lowest BCUT2D eigenvalue weighted by Gasteiger charge is -2.41. The second-order valence-electron chi connectivity index (χ2n) is 10.1. The first-order valence-electron chi connectivity index (χ1n) is 12.2. The van der Waals surface area contributed by atoms with Gasteiger partial charge in [-0.1, -0.05) is 49.9 Å². The Balaban J connectivity index is 1.24. The third kappa shape index (κ3) is 4.32. The molecule has 31 heavy (non-hydrogen) atoms. The summed E-state index contributed by atoms with van der Waals surface area (Å²) in [6.45, 7) is 3.45. The van der Waals surface area contributed by atoms with Gasteiger partial charge >= 0.3 is 5.97 Å². The highest BCUT2D eigenvalue weighted by Gasteiger charge is 2.35. The fourth-order valence-electron chi connectivity index (χ4n) is 6.12. The van der Waals surface area contributed by atoms with Gasteiger partial charge in [0.15, 0.2) is 0 Å². The van der Waals surface area contributed by atoms with Crippen molar-refractivity contribution in [2.75, 3.05) is 13.1 Å². The predicted octanol–water partition coefficient (Wildman–Crippen LogP) is 6.05. The van der Waals surface area contributed by atoms with E-state index in [2.05, 4.69) is 48.2 Å². The average Bonchev–Trinajstić information content (AvgIpc) is 3.27. The van der Waals surface area contributed by atoms with Gasteiger partial charge in [0, 0.05) is 24.5 Å². The minimum Gasteiger partial charge on any atom is -0.490 e. The number of carboxylic acids is 1. The molecule has 3 fully saturated rings. The first-order chi connectivity index (χ1) is 15.1. The number of ether oxygens (including phenoxy) is 1. The Hall–Kier alpha value is -2.07. The maximum absolute atomic E-state index is 11.1. The third-order valence-electron chi connectivity index (χ3n) is 8.23. The molecule has 1 aliphatic heterocycles. The Morgan fingerprint density at radius 3 is 2.42 bits per heavy atom. The molecule has 5 rings (SSSR count). The lowest BCUT2D eigenvalue weighted by molar-refractivity contribution is -0.148. The van der Waals surface area contributed by atoms with Gasteiger partial charge in [-0.15, -0.1) is 0 Å². The second kappa shape index (κ2) is 8.82. The second-order valence-corrected chi connectivity index (χ2v) is 10.1. The number of rotatable bonds is 6. The van der Waals surface area contributed by atoms with Gasteiger partial charge in [-0.2, -0.15) is 0 Å². The van der Waals surface area contributed by atoms with Crippen molar-refractivity contribution in [1.29, 1.82) is 0 Å². The smallest absolute Gasteiger partial charge is 0.309 e. The molecule has 0 aromatic heterocycles. The van der Waals surface area contributed by atoms with Crippen LogP contribution in [0.3, 0.4) is 0 Å². The average molecular weight is 422 g/mol. The van der Waals surface area contributed by atoms with Gasteiger partial charge in [-0.3, -0.25) is 9.69 Å². The Morgan fingerprint density at radius 2 is 1.71 bits per heavy atom. The van der Waals surface area contributed by atoms with E-state index >= 15 is 0 Å². The molecule has 2 saturated carbocycles. The summed E-state index contributed by atoms with van der Waals surface area (Å²) >= 11 is 0. The summed E-state index contributed by atoms with van der Waals surface area (Å²) < 4.78 is 6.52. The fraction of sp³-hybridized carbons (Fsp3) is 0.593. The number of carbonyl (C=O) groups is 1. The van der Waals surface area contributed by atoms with Crippen LogP contribution < -0.4 is 4.74 Å². The van der Waals surface area contributed by atoms with Crippen molar-refractivity contribution in [2.45, 2.75) is 70.4 Å². The Labute approximate surface area is 185 Å². The summed E-state index contributed by atoms with van der Waals surface area (Å²) in [6.07, 6.45) is 11.2. The molecule has 1 atom stereocenters. The van der Waals surface area contributed by atoms with E-state index in [9.17, 15) is 4.79 Å². The maximum Gasteiger partial charge on any atom is 0.309 e. The Morgan fingerprint density at radius 1 is 1.00 bits per heavy atom. The molecule has 166 valence electrons. The lowest BCUT2D eigenvalue weighted by atomic mass is 9.78. The van der Waals surface area contributed by atoms with Crippen molar-refractivity contribution in [1.82, 2.24) is 4.90 Å². The van der Waals surface area contributed by atoms with Crippen LogP contribution in [-0.2, 0) is 4.79 Å². The maximum atomic E-state index is 11.1. The van der Waals surface area contributed by atoms with Gasteiger partial charge < -0.3 is 9.84 Å². The molecule has 2 aromatic carbocycles. The van der Waals surface area contributed by atoms with Crippen molar-refractivity contribution in [2.24, 2.45) is 17.8 Å². The van der Waals surface area contributed by atoms with Gasteiger partial charge in [0.1, 0.15) is 5.75 Å². The van der Waals surface area contributed by atoms with Crippen molar-refractivity contribution in [3.8, 4) is 5.75 Å². The molecule has 2 aliphatic carbocycles. The quantitative estimate of drug-likeness (QED) is 0.617. The van der Waals surface area contributed by atoms with Gasteiger partial charge in [-0.25, -0.2) is 0 Å². The summed E-state index contributed by atoms with van der Waals surface area (Å²) in [7, 11) is 0. The van der Waals surface area contributed by atoms with E-state index in [0.717, 1.165) is 17.6 Å².